The molecule has 0 aliphatic rings. The fourth-order valence-electron chi connectivity index (χ4n) is 4.88. The molecule has 3 rings (SSSR count). The molecule has 0 bridgehead atoms. The molecule has 200 valence electrons. The average Bonchev–Trinajstić information content (AvgIpc) is 2.92. The summed E-state index contributed by atoms with van der Waals surface area (Å²) in [5.74, 6) is -0.101. The summed E-state index contributed by atoms with van der Waals surface area (Å²) in [5, 5.41) is 13.5. The Bertz CT molecular complexity index is 1070. The van der Waals surface area contributed by atoms with Gasteiger partial charge in [-0.25, -0.2) is 0 Å². The van der Waals surface area contributed by atoms with Crippen molar-refractivity contribution in [2.45, 2.75) is 26.3 Å². The molecule has 8 heteroatoms. The minimum absolute atomic E-state index is 0.00826. The highest BCUT2D eigenvalue weighted by Crippen LogP contribution is 2.59. The second-order valence-electron chi connectivity index (χ2n) is 9.91. The zero-order chi connectivity index (χ0) is 27.7. The van der Waals surface area contributed by atoms with Crippen molar-refractivity contribution in [3.8, 4) is 0 Å². The zero-order valence-electron chi connectivity index (χ0n) is 23.2. The van der Waals surface area contributed by atoms with Crippen molar-refractivity contribution in [2.75, 3.05) is 40.3 Å². The van der Waals surface area contributed by atoms with Crippen molar-refractivity contribution >= 4 is 42.0 Å². The van der Waals surface area contributed by atoms with E-state index >= 15 is 0 Å². The quantitative estimate of drug-likeness (QED) is 0.288. The maximum Gasteiger partial charge on any atom is 0.376 e. The lowest BCUT2D eigenvalue weighted by molar-refractivity contribution is -0.133. The van der Waals surface area contributed by atoms with Gasteiger partial charge in [0, 0.05) is 27.1 Å². The third-order valence-electron chi connectivity index (χ3n) is 7.24. The van der Waals surface area contributed by atoms with E-state index in [-0.39, 0.29) is 24.0 Å². The van der Waals surface area contributed by atoms with Crippen LogP contribution in [0.25, 0.3) is 0 Å². The van der Waals surface area contributed by atoms with E-state index in [4.69, 9.17) is 0 Å². The van der Waals surface area contributed by atoms with Gasteiger partial charge in [-0.05, 0) is 57.2 Å². The second-order valence-corrected chi connectivity index (χ2v) is 13.8. The molecule has 2 amide bonds. The van der Waals surface area contributed by atoms with Crippen LogP contribution in [-0.2, 0) is 9.59 Å². The first-order valence-electron chi connectivity index (χ1n) is 13.1. The highest BCUT2D eigenvalue weighted by atomic mass is 31.2. The number of carbonyl (C=O) groups is 2. The lowest BCUT2D eigenvalue weighted by Gasteiger charge is -2.36. The molecule has 1 atom stereocenters. The Balaban J connectivity index is 1.94. The molecule has 1 unspecified atom stereocenters. The number of carbonyl (C=O) groups excluding carboxylic acids is 2. The van der Waals surface area contributed by atoms with Crippen LogP contribution in [0.4, 0.5) is 0 Å². The summed E-state index contributed by atoms with van der Waals surface area (Å²) in [5.41, 5.74) is 0.126. The van der Waals surface area contributed by atoms with Gasteiger partial charge in [0.25, 0.3) is 0 Å². The zero-order valence-corrected chi connectivity index (χ0v) is 24.1. The Morgan fingerprint density at radius 1 is 0.816 bits per heavy atom. The van der Waals surface area contributed by atoms with Gasteiger partial charge in [0.05, 0.1) is 18.7 Å². The van der Waals surface area contributed by atoms with Crippen LogP contribution in [-0.4, -0.2) is 84.4 Å². The first kappa shape index (κ1) is 29.6. The SMILES string of the molecule is CB(O)N(C)CC(=O)N(C)CCN(CC(C)[P+](c1ccccc1)(c1ccccc1)c1ccccc1)C(C)=O. The molecule has 0 saturated heterocycles. The smallest absolute Gasteiger partial charge is 0.376 e. The van der Waals surface area contributed by atoms with Gasteiger partial charge in [-0.3, -0.25) is 9.59 Å². The van der Waals surface area contributed by atoms with Crippen molar-refractivity contribution in [1.29, 1.82) is 0 Å². The Kier molecular flexibility index (Phi) is 10.7. The molecule has 0 heterocycles. The highest BCUT2D eigenvalue weighted by molar-refractivity contribution is 7.96. The predicted molar refractivity (Wildman–Crippen MR) is 161 cm³/mol. The number of benzene rings is 3. The third kappa shape index (κ3) is 6.90. The number of amides is 2. The molecule has 0 aliphatic carbocycles. The summed E-state index contributed by atoms with van der Waals surface area (Å²) in [4.78, 5) is 30.6. The van der Waals surface area contributed by atoms with Crippen molar-refractivity contribution in [3.63, 3.8) is 0 Å². The fourth-order valence-corrected chi connectivity index (χ4v) is 9.67. The Labute approximate surface area is 228 Å². The summed E-state index contributed by atoms with van der Waals surface area (Å²) < 4.78 is 0. The van der Waals surface area contributed by atoms with Crippen LogP contribution in [0.1, 0.15) is 13.8 Å². The topological polar surface area (TPSA) is 64.1 Å². The van der Waals surface area contributed by atoms with Gasteiger partial charge in [-0.2, -0.15) is 0 Å². The van der Waals surface area contributed by atoms with Crippen molar-refractivity contribution in [3.05, 3.63) is 91.0 Å². The maximum atomic E-state index is 12.9. The van der Waals surface area contributed by atoms with E-state index in [0.29, 0.717) is 19.6 Å². The van der Waals surface area contributed by atoms with E-state index in [1.165, 1.54) is 15.9 Å². The second kappa shape index (κ2) is 13.7. The normalized spacial score (nSPS) is 12.2. The van der Waals surface area contributed by atoms with Gasteiger partial charge in [0.15, 0.2) is 0 Å². The van der Waals surface area contributed by atoms with E-state index in [2.05, 4.69) is 79.7 Å². The molecular weight excluding hydrogens is 492 g/mol. The van der Waals surface area contributed by atoms with Gasteiger partial charge in [-0.1, -0.05) is 54.6 Å². The Morgan fingerprint density at radius 2 is 1.24 bits per heavy atom. The average molecular weight is 532 g/mol. The standard InChI is InChI=1S/C30H40BN3O3P/c1-25(23-34(26(2)35)22-21-32(4)30(36)24-33(5)31(3)37)38(27-15-9-6-10-16-27,28-17-11-7-12-18-28)29-19-13-8-14-20-29/h6-20,25,37H,21-24H2,1-5H3/q+1. The fraction of sp³-hybridized carbons (Fsp3) is 0.333. The van der Waals surface area contributed by atoms with Gasteiger partial charge < -0.3 is 19.6 Å². The summed E-state index contributed by atoms with van der Waals surface area (Å²) in [6.07, 6.45) is 0. The minimum atomic E-state index is -2.14. The highest BCUT2D eigenvalue weighted by Gasteiger charge is 2.50. The number of nitrogens with zero attached hydrogens (tertiary/aromatic N) is 3. The number of hydrogen-bond donors (Lipinski definition) is 1. The monoisotopic (exact) mass is 532 g/mol. The van der Waals surface area contributed by atoms with Crippen molar-refractivity contribution < 1.29 is 14.6 Å². The first-order chi connectivity index (χ1) is 18.2. The molecular formula is C30H40BN3O3P+. The van der Waals surface area contributed by atoms with E-state index in [1.807, 2.05) is 23.1 Å². The summed E-state index contributed by atoms with van der Waals surface area (Å²) >= 11 is 0. The van der Waals surface area contributed by atoms with Crippen LogP contribution in [0, 0.1) is 0 Å². The van der Waals surface area contributed by atoms with Crippen LogP contribution < -0.4 is 15.9 Å². The van der Waals surface area contributed by atoms with Crippen LogP contribution in [0.5, 0.6) is 0 Å². The molecule has 6 nitrogen and oxygen atoms in total. The molecule has 0 aromatic heterocycles. The number of hydrogen-bond acceptors (Lipinski definition) is 4. The van der Waals surface area contributed by atoms with E-state index in [1.54, 1.807) is 37.6 Å². The van der Waals surface area contributed by atoms with Crippen LogP contribution in [0.15, 0.2) is 91.0 Å². The Morgan fingerprint density at radius 3 is 1.61 bits per heavy atom. The van der Waals surface area contributed by atoms with E-state index < -0.39 is 14.3 Å². The molecule has 0 spiro atoms. The predicted octanol–water partition coefficient (Wildman–Crippen LogP) is 2.72. The molecule has 38 heavy (non-hydrogen) atoms. The van der Waals surface area contributed by atoms with E-state index in [0.717, 1.165) is 0 Å². The molecule has 1 N–H and O–H groups in total. The molecule has 0 saturated carbocycles. The van der Waals surface area contributed by atoms with Crippen LogP contribution in [0.2, 0.25) is 6.82 Å². The molecule has 0 radical (unpaired) electrons. The van der Waals surface area contributed by atoms with Gasteiger partial charge >= 0.3 is 7.05 Å². The van der Waals surface area contributed by atoms with Crippen LogP contribution in [0.3, 0.4) is 0 Å². The van der Waals surface area contributed by atoms with Crippen LogP contribution >= 0.6 is 7.26 Å². The lowest BCUT2D eigenvalue weighted by Crippen LogP contribution is -2.47. The summed E-state index contributed by atoms with van der Waals surface area (Å²) in [6.45, 7) is 7.04. The molecule has 3 aromatic carbocycles. The molecule has 3 aromatic rings. The summed E-state index contributed by atoms with van der Waals surface area (Å²) in [6, 6.07) is 32.0. The minimum Gasteiger partial charge on any atom is -0.437 e. The van der Waals surface area contributed by atoms with Gasteiger partial charge in [-0.15, -0.1) is 0 Å². The third-order valence-corrected chi connectivity index (χ3v) is 12.1. The lowest BCUT2D eigenvalue weighted by atomic mass is 9.86. The van der Waals surface area contributed by atoms with E-state index in [9.17, 15) is 14.6 Å². The molecule has 0 aliphatic heterocycles. The van der Waals surface area contributed by atoms with Gasteiger partial charge in [0.2, 0.25) is 11.8 Å². The number of likely N-dealkylation sites (N-methyl/N-ethyl adjacent to an activating group) is 2. The largest absolute Gasteiger partial charge is 0.437 e. The Hall–Kier alpha value is -2.99. The number of rotatable bonds is 12. The summed E-state index contributed by atoms with van der Waals surface area (Å²) in [7, 11) is 0.609. The van der Waals surface area contributed by atoms with Crippen molar-refractivity contribution in [1.82, 2.24) is 14.6 Å². The molecule has 0 fully saturated rings. The first-order valence-corrected chi connectivity index (χ1v) is 15.0. The van der Waals surface area contributed by atoms with Crippen molar-refractivity contribution in [2.24, 2.45) is 0 Å². The van der Waals surface area contributed by atoms with Gasteiger partial charge in [0.1, 0.15) is 23.2 Å². The maximum absolute atomic E-state index is 12.9.